The number of thiophene rings is 1. The molecular formula is C21H20N6S. The van der Waals surface area contributed by atoms with Crippen LogP contribution in [-0.4, -0.2) is 46.1 Å². The van der Waals surface area contributed by atoms with Gasteiger partial charge in [-0.1, -0.05) is 6.07 Å². The predicted molar refractivity (Wildman–Crippen MR) is 114 cm³/mol. The van der Waals surface area contributed by atoms with E-state index in [4.69, 9.17) is 9.97 Å². The Hall–Kier alpha value is -3.06. The topological polar surface area (TPSA) is 58.0 Å². The van der Waals surface area contributed by atoms with E-state index >= 15 is 0 Å². The van der Waals surface area contributed by atoms with Crippen molar-refractivity contribution in [1.82, 2.24) is 19.9 Å². The van der Waals surface area contributed by atoms with Gasteiger partial charge in [0, 0.05) is 55.2 Å². The lowest BCUT2D eigenvalue weighted by Gasteiger charge is -2.36. The molecule has 6 nitrogen and oxygen atoms in total. The number of anilines is 2. The molecule has 28 heavy (non-hydrogen) atoms. The zero-order valence-corrected chi connectivity index (χ0v) is 16.4. The maximum atomic E-state index is 4.95. The van der Waals surface area contributed by atoms with Crippen molar-refractivity contribution < 1.29 is 0 Å². The van der Waals surface area contributed by atoms with Gasteiger partial charge in [0.05, 0.1) is 5.39 Å². The Balaban J connectivity index is 1.48. The SMILES string of the molecule is Cc1cc2c(N3CCN(c4ccccn4)CC3)nc(-c3cccnc3)nc2s1. The van der Waals surface area contributed by atoms with Crippen molar-refractivity contribution in [2.45, 2.75) is 6.92 Å². The fourth-order valence-corrected chi connectivity index (χ4v) is 4.45. The highest BCUT2D eigenvalue weighted by atomic mass is 32.1. The van der Waals surface area contributed by atoms with Crippen LogP contribution in [0.4, 0.5) is 11.6 Å². The summed E-state index contributed by atoms with van der Waals surface area (Å²) in [5, 5.41) is 1.14. The zero-order chi connectivity index (χ0) is 18.9. The van der Waals surface area contributed by atoms with Crippen LogP contribution in [0.1, 0.15) is 4.88 Å². The summed E-state index contributed by atoms with van der Waals surface area (Å²) in [6.07, 6.45) is 5.45. The largest absolute Gasteiger partial charge is 0.353 e. The first-order valence-corrected chi connectivity index (χ1v) is 10.2. The smallest absolute Gasteiger partial charge is 0.164 e. The fourth-order valence-electron chi connectivity index (χ4n) is 3.58. The lowest BCUT2D eigenvalue weighted by atomic mass is 10.2. The molecule has 0 amide bonds. The molecule has 1 aliphatic rings. The van der Waals surface area contributed by atoms with E-state index in [0.717, 1.165) is 59.4 Å². The summed E-state index contributed by atoms with van der Waals surface area (Å²) >= 11 is 1.72. The number of aryl methyl sites for hydroxylation is 1. The monoisotopic (exact) mass is 388 g/mol. The van der Waals surface area contributed by atoms with Gasteiger partial charge in [-0.3, -0.25) is 4.98 Å². The summed E-state index contributed by atoms with van der Waals surface area (Å²) < 4.78 is 0. The second-order valence-electron chi connectivity index (χ2n) is 6.85. The van der Waals surface area contributed by atoms with Gasteiger partial charge in [0.15, 0.2) is 5.82 Å². The molecule has 0 atom stereocenters. The zero-order valence-electron chi connectivity index (χ0n) is 15.6. The molecule has 4 aromatic rings. The van der Waals surface area contributed by atoms with Crippen LogP contribution in [0, 0.1) is 6.92 Å². The van der Waals surface area contributed by atoms with Crippen LogP contribution >= 0.6 is 11.3 Å². The summed E-state index contributed by atoms with van der Waals surface area (Å²) in [6.45, 7) is 5.79. The van der Waals surface area contributed by atoms with Gasteiger partial charge in [0.2, 0.25) is 0 Å². The quantitative estimate of drug-likeness (QED) is 0.532. The highest BCUT2D eigenvalue weighted by molar-refractivity contribution is 7.18. The van der Waals surface area contributed by atoms with Gasteiger partial charge in [-0.2, -0.15) is 0 Å². The highest BCUT2D eigenvalue weighted by Crippen LogP contribution is 2.33. The maximum Gasteiger partial charge on any atom is 0.164 e. The molecule has 5 rings (SSSR count). The van der Waals surface area contributed by atoms with Crippen molar-refractivity contribution in [1.29, 1.82) is 0 Å². The fraction of sp³-hybridized carbons (Fsp3) is 0.238. The minimum atomic E-state index is 0.740. The van der Waals surface area contributed by atoms with Crippen molar-refractivity contribution in [3.8, 4) is 11.4 Å². The molecular weight excluding hydrogens is 368 g/mol. The molecule has 0 spiro atoms. The van der Waals surface area contributed by atoms with Crippen molar-refractivity contribution in [2.24, 2.45) is 0 Å². The van der Waals surface area contributed by atoms with E-state index < -0.39 is 0 Å². The van der Waals surface area contributed by atoms with E-state index in [0.29, 0.717) is 0 Å². The maximum absolute atomic E-state index is 4.95. The molecule has 4 aromatic heterocycles. The van der Waals surface area contributed by atoms with Crippen LogP contribution in [0.3, 0.4) is 0 Å². The third kappa shape index (κ3) is 3.18. The number of fused-ring (bicyclic) bond motifs is 1. The summed E-state index contributed by atoms with van der Waals surface area (Å²) in [7, 11) is 0. The number of nitrogens with zero attached hydrogens (tertiary/aromatic N) is 6. The Morgan fingerprint density at radius 3 is 2.54 bits per heavy atom. The van der Waals surface area contributed by atoms with E-state index in [9.17, 15) is 0 Å². The summed E-state index contributed by atoms with van der Waals surface area (Å²) in [6, 6.07) is 12.2. The second kappa shape index (κ2) is 7.16. The molecule has 5 heterocycles. The Morgan fingerprint density at radius 1 is 0.929 bits per heavy atom. The Morgan fingerprint density at radius 2 is 1.79 bits per heavy atom. The number of hydrogen-bond acceptors (Lipinski definition) is 7. The summed E-state index contributed by atoms with van der Waals surface area (Å²) in [4.78, 5) is 25.5. The predicted octanol–water partition coefficient (Wildman–Crippen LogP) is 3.78. The number of hydrogen-bond donors (Lipinski definition) is 0. The minimum Gasteiger partial charge on any atom is -0.353 e. The van der Waals surface area contributed by atoms with Crippen LogP contribution in [-0.2, 0) is 0 Å². The van der Waals surface area contributed by atoms with Gasteiger partial charge < -0.3 is 9.80 Å². The molecule has 0 unspecified atom stereocenters. The van der Waals surface area contributed by atoms with Gasteiger partial charge in [0.1, 0.15) is 16.5 Å². The summed E-state index contributed by atoms with van der Waals surface area (Å²) in [5.74, 6) is 2.80. The minimum absolute atomic E-state index is 0.740. The van der Waals surface area contributed by atoms with Gasteiger partial charge in [-0.05, 0) is 37.3 Å². The number of piperazine rings is 1. The molecule has 0 bridgehead atoms. The van der Waals surface area contributed by atoms with E-state index in [-0.39, 0.29) is 0 Å². The Bertz CT molecular complexity index is 1090. The second-order valence-corrected chi connectivity index (χ2v) is 8.09. The molecule has 0 radical (unpaired) electrons. The first kappa shape index (κ1) is 17.1. The molecule has 0 aliphatic carbocycles. The normalized spacial score (nSPS) is 14.6. The third-order valence-electron chi connectivity index (χ3n) is 4.97. The molecule has 1 fully saturated rings. The molecule has 0 aromatic carbocycles. The van der Waals surface area contributed by atoms with E-state index in [1.807, 2.05) is 36.7 Å². The number of pyridine rings is 2. The van der Waals surface area contributed by atoms with Crippen LogP contribution < -0.4 is 9.80 Å². The van der Waals surface area contributed by atoms with Crippen LogP contribution in [0.15, 0.2) is 55.0 Å². The summed E-state index contributed by atoms with van der Waals surface area (Å²) in [5.41, 5.74) is 0.948. The molecule has 140 valence electrons. The molecule has 7 heteroatoms. The van der Waals surface area contributed by atoms with E-state index in [1.54, 1.807) is 17.5 Å². The van der Waals surface area contributed by atoms with Gasteiger partial charge in [0.25, 0.3) is 0 Å². The average molecular weight is 389 g/mol. The standard InChI is InChI=1S/C21H20N6S/c1-15-13-17-20(24-19(25-21(17)28-15)16-5-4-7-22-14-16)27-11-9-26(10-12-27)18-6-2-3-8-23-18/h2-8,13-14H,9-12H2,1H3. The van der Waals surface area contributed by atoms with Crippen molar-refractivity contribution in [3.05, 3.63) is 59.9 Å². The number of rotatable bonds is 3. The lowest BCUT2D eigenvalue weighted by Crippen LogP contribution is -2.47. The lowest BCUT2D eigenvalue weighted by molar-refractivity contribution is 0.643. The van der Waals surface area contributed by atoms with Crippen molar-refractivity contribution in [3.63, 3.8) is 0 Å². The average Bonchev–Trinajstić information content (AvgIpc) is 3.14. The van der Waals surface area contributed by atoms with Crippen LogP contribution in [0.25, 0.3) is 21.6 Å². The first-order chi connectivity index (χ1) is 13.8. The van der Waals surface area contributed by atoms with Crippen LogP contribution in [0.2, 0.25) is 0 Å². The van der Waals surface area contributed by atoms with E-state index in [2.05, 4.69) is 38.8 Å². The third-order valence-corrected chi connectivity index (χ3v) is 5.91. The Kier molecular flexibility index (Phi) is 4.37. The molecule has 1 aliphatic heterocycles. The molecule has 0 N–H and O–H groups in total. The van der Waals surface area contributed by atoms with Crippen LogP contribution in [0.5, 0.6) is 0 Å². The van der Waals surface area contributed by atoms with Gasteiger partial charge in [-0.15, -0.1) is 11.3 Å². The molecule has 1 saturated heterocycles. The number of aromatic nitrogens is 4. The molecule has 0 saturated carbocycles. The van der Waals surface area contributed by atoms with Gasteiger partial charge >= 0.3 is 0 Å². The van der Waals surface area contributed by atoms with Crippen molar-refractivity contribution >= 4 is 33.2 Å². The first-order valence-electron chi connectivity index (χ1n) is 9.37. The van der Waals surface area contributed by atoms with Crippen molar-refractivity contribution in [2.75, 3.05) is 36.0 Å². The Labute approximate surface area is 167 Å². The van der Waals surface area contributed by atoms with E-state index in [1.165, 1.54) is 4.88 Å². The highest BCUT2D eigenvalue weighted by Gasteiger charge is 2.22. The van der Waals surface area contributed by atoms with Gasteiger partial charge in [-0.25, -0.2) is 15.0 Å².